The lowest BCUT2D eigenvalue weighted by Gasteiger charge is -2.13. The number of ether oxygens (including phenoxy) is 1. The number of thiophene rings is 1. The van der Waals surface area contributed by atoms with E-state index >= 15 is 0 Å². The first-order valence-corrected chi connectivity index (χ1v) is 10.5. The van der Waals surface area contributed by atoms with Gasteiger partial charge in [0.15, 0.2) is 6.61 Å². The van der Waals surface area contributed by atoms with Crippen molar-refractivity contribution in [1.29, 1.82) is 0 Å². The summed E-state index contributed by atoms with van der Waals surface area (Å²) in [4.78, 5) is 12.2. The Morgan fingerprint density at radius 1 is 1.00 bits per heavy atom. The molecule has 9 heteroatoms. The second kappa shape index (κ2) is 8.43. The van der Waals surface area contributed by atoms with E-state index in [1.54, 1.807) is 60.0 Å². The van der Waals surface area contributed by atoms with Gasteiger partial charge >= 0.3 is 0 Å². The number of halogens is 1. The summed E-state index contributed by atoms with van der Waals surface area (Å²) in [6.45, 7) is -0.268. The van der Waals surface area contributed by atoms with Crippen LogP contribution in [-0.2, 0) is 14.8 Å². The highest BCUT2D eigenvalue weighted by molar-refractivity contribution is 7.94. The Labute approximate surface area is 165 Å². The maximum atomic E-state index is 12.4. The number of rotatable bonds is 7. The van der Waals surface area contributed by atoms with Crippen LogP contribution in [0.25, 0.3) is 0 Å². The van der Waals surface area contributed by atoms with Gasteiger partial charge in [0.05, 0.1) is 16.4 Å². The van der Waals surface area contributed by atoms with Gasteiger partial charge in [-0.3, -0.25) is 9.52 Å². The van der Waals surface area contributed by atoms with Gasteiger partial charge in [-0.25, -0.2) is 8.42 Å². The molecule has 0 saturated carbocycles. The van der Waals surface area contributed by atoms with E-state index in [1.165, 1.54) is 6.07 Å². The van der Waals surface area contributed by atoms with E-state index < -0.39 is 15.9 Å². The lowest BCUT2D eigenvalue weighted by Crippen LogP contribution is -2.21. The molecular formula is C18H15ClN2O4S2. The number of para-hydroxylation sites is 3. The number of nitrogens with one attached hydrogen (secondary N) is 2. The predicted molar refractivity (Wildman–Crippen MR) is 107 cm³/mol. The van der Waals surface area contributed by atoms with E-state index in [0.717, 1.165) is 11.3 Å². The van der Waals surface area contributed by atoms with Crippen LogP contribution < -0.4 is 14.8 Å². The molecule has 1 amide bonds. The molecule has 1 heterocycles. The normalized spacial score (nSPS) is 11.0. The maximum absolute atomic E-state index is 12.4. The Balaban J connectivity index is 1.69. The summed E-state index contributed by atoms with van der Waals surface area (Å²) in [5.41, 5.74) is 0.586. The van der Waals surface area contributed by atoms with Crippen molar-refractivity contribution in [2.75, 3.05) is 16.6 Å². The second-order valence-corrected chi connectivity index (χ2v) is 8.61. The van der Waals surface area contributed by atoms with E-state index in [4.69, 9.17) is 16.3 Å². The van der Waals surface area contributed by atoms with Gasteiger partial charge in [-0.15, -0.1) is 11.3 Å². The average Bonchev–Trinajstić information content (AvgIpc) is 3.18. The molecule has 140 valence electrons. The summed E-state index contributed by atoms with van der Waals surface area (Å²) in [6.07, 6.45) is 0. The Kier molecular flexibility index (Phi) is 6.00. The van der Waals surface area contributed by atoms with Crippen LogP contribution in [0.5, 0.6) is 5.75 Å². The fourth-order valence-corrected chi connectivity index (χ4v) is 4.45. The molecule has 3 rings (SSSR count). The van der Waals surface area contributed by atoms with Gasteiger partial charge in [-0.1, -0.05) is 41.9 Å². The molecule has 0 fully saturated rings. The summed E-state index contributed by atoms with van der Waals surface area (Å²) in [5.74, 6) is -0.0568. The minimum Gasteiger partial charge on any atom is -0.482 e. The number of carbonyl (C=O) groups excluding carboxylic acids is 1. The third-order valence-electron chi connectivity index (χ3n) is 3.40. The molecule has 2 aromatic carbocycles. The molecule has 0 unspecified atom stereocenters. The van der Waals surface area contributed by atoms with Crippen LogP contribution in [0, 0.1) is 0 Å². The van der Waals surface area contributed by atoms with Crippen LogP contribution in [0.3, 0.4) is 0 Å². The van der Waals surface area contributed by atoms with Crippen molar-refractivity contribution >= 4 is 50.2 Å². The molecule has 27 heavy (non-hydrogen) atoms. The van der Waals surface area contributed by atoms with Crippen molar-refractivity contribution in [2.24, 2.45) is 0 Å². The monoisotopic (exact) mass is 422 g/mol. The zero-order chi connectivity index (χ0) is 19.3. The topological polar surface area (TPSA) is 84.5 Å². The number of carbonyl (C=O) groups is 1. The number of hydrogen-bond acceptors (Lipinski definition) is 5. The molecule has 2 N–H and O–H groups in total. The molecule has 0 atom stereocenters. The first-order valence-electron chi connectivity index (χ1n) is 7.78. The quantitative estimate of drug-likeness (QED) is 0.597. The van der Waals surface area contributed by atoms with Crippen molar-refractivity contribution < 1.29 is 17.9 Å². The Hall–Kier alpha value is -2.55. The molecule has 1 aromatic heterocycles. The largest absolute Gasteiger partial charge is 0.482 e. The van der Waals surface area contributed by atoms with Gasteiger partial charge in [-0.2, -0.15) is 0 Å². The highest BCUT2D eigenvalue weighted by atomic mass is 35.5. The van der Waals surface area contributed by atoms with Crippen LogP contribution >= 0.6 is 22.9 Å². The average molecular weight is 423 g/mol. The van der Waals surface area contributed by atoms with E-state index in [2.05, 4.69) is 10.0 Å². The van der Waals surface area contributed by atoms with E-state index in [-0.39, 0.29) is 16.5 Å². The number of hydrogen-bond donors (Lipinski definition) is 2. The standard InChI is InChI=1S/C18H15ClN2O4S2/c19-13-6-1-4-9-16(13)25-12-17(22)20-14-7-2-3-8-15(14)21-27(23,24)18-10-5-11-26-18/h1-11,21H,12H2,(H,20,22). The van der Waals surface area contributed by atoms with Gasteiger partial charge in [-0.05, 0) is 35.7 Å². The SMILES string of the molecule is O=C(COc1ccccc1Cl)Nc1ccccc1NS(=O)(=O)c1cccs1. The zero-order valence-electron chi connectivity index (χ0n) is 13.9. The fourth-order valence-electron chi connectivity index (χ4n) is 2.18. The van der Waals surface area contributed by atoms with E-state index in [1.807, 2.05) is 0 Å². The summed E-state index contributed by atoms with van der Waals surface area (Å²) in [5, 5.41) is 4.71. The lowest BCUT2D eigenvalue weighted by molar-refractivity contribution is -0.118. The van der Waals surface area contributed by atoms with Crippen LogP contribution in [0.4, 0.5) is 11.4 Å². The molecule has 0 aliphatic rings. The number of anilines is 2. The fraction of sp³-hybridized carbons (Fsp3) is 0.0556. The highest BCUT2D eigenvalue weighted by Gasteiger charge is 2.17. The third kappa shape index (κ3) is 5.00. The van der Waals surface area contributed by atoms with Crippen molar-refractivity contribution in [3.63, 3.8) is 0 Å². The van der Waals surface area contributed by atoms with Crippen LogP contribution in [-0.4, -0.2) is 20.9 Å². The molecule has 6 nitrogen and oxygen atoms in total. The van der Waals surface area contributed by atoms with Gasteiger partial charge in [0.1, 0.15) is 9.96 Å². The minimum atomic E-state index is -3.72. The van der Waals surface area contributed by atoms with Gasteiger partial charge in [0.25, 0.3) is 15.9 Å². The van der Waals surface area contributed by atoms with Crippen molar-refractivity contribution in [1.82, 2.24) is 0 Å². The lowest BCUT2D eigenvalue weighted by atomic mass is 10.2. The molecule has 0 aliphatic carbocycles. The minimum absolute atomic E-state index is 0.186. The Morgan fingerprint density at radius 2 is 1.70 bits per heavy atom. The number of amides is 1. The second-order valence-electron chi connectivity index (χ2n) is 5.35. The van der Waals surface area contributed by atoms with Gasteiger partial charge in [0, 0.05) is 0 Å². The first-order chi connectivity index (χ1) is 13.0. The predicted octanol–water partition coefficient (Wildman–Crippen LogP) is 4.22. The van der Waals surface area contributed by atoms with Crippen LogP contribution in [0.2, 0.25) is 5.02 Å². The van der Waals surface area contributed by atoms with Crippen molar-refractivity contribution in [3.8, 4) is 5.75 Å². The molecule has 0 radical (unpaired) electrons. The Bertz CT molecular complexity index is 1040. The number of sulfonamides is 1. The highest BCUT2D eigenvalue weighted by Crippen LogP contribution is 2.26. The van der Waals surface area contributed by atoms with Crippen LogP contribution in [0.15, 0.2) is 70.3 Å². The van der Waals surface area contributed by atoms with E-state index in [0.29, 0.717) is 16.5 Å². The smallest absolute Gasteiger partial charge is 0.271 e. The zero-order valence-corrected chi connectivity index (χ0v) is 16.3. The van der Waals surface area contributed by atoms with E-state index in [9.17, 15) is 13.2 Å². The number of benzene rings is 2. The maximum Gasteiger partial charge on any atom is 0.271 e. The Morgan fingerprint density at radius 3 is 2.41 bits per heavy atom. The molecule has 0 saturated heterocycles. The molecule has 3 aromatic rings. The first kappa shape index (κ1) is 19.2. The molecule has 0 aliphatic heterocycles. The third-order valence-corrected chi connectivity index (χ3v) is 6.48. The summed E-state index contributed by atoms with van der Waals surface area (Å²) in [6, 6.07) is 16.5. The van der Waals surface area contributed by atoms with Crippen molar-refractivity contribution in [2.45, 2.75) is 4.21 Å². The van der Waals surface area contributed by atoms with Crippen molar-refractivity contribution in [3.05, 3.63) is 71.1 Å². The molecular weight excluding hydrogens is 408 g/mol. The molecule has 0 spiro atoms. The van der Waals surface area contributed by atoms with Gasteiger partial charge < -0.3 is 10.1 Å². The van der Waals surface area contributed by atoms with Crippen LogP contribution in [0.1, 0.15) is 0 Å². The summed E-state index contributed by atoms with van der Waals surface area (Å²) < 4.78 is 32.9. The summed E-state index contributed by atoms with van der Waals surface area (Å²) in [7, 11) is -3.72. The summed E-state index contributed by atoms with van der Waals surface area (Å²) >= 11 is 7.09. The van der Waals surface area contributed by atoms with Gasteiger partial charge in [0.2, 0.25) is 0 Å². The molecule has 0 bridgehead atoms.